The third kappa shape index (κ3) is 8.92. The summed E-state index contributed by atoms with van der Waals surface area (Å²) < 4.78 is 20.4. The Morgan fingerprint density at radius 2 is 1.67 bits per heavy atom. The molecule has 0 aliphatic carbocycles. The van der Waals surface area contributed by atoms with Crippen molar-refractivity contribution < 1.29 is 14.0 Å². The van der Waals surface area contributed by atoms with Crippen LogP contribution in [0.4, 0.5) is 21.8 Å². The zero-order valence-corrected chi connectivity index (χ0v) is 30.5. The number of carbonyl (C=O) groups excluding carboxylic acids is 1. The van der Waals surface area contributed by atoms with Gasteiger partial charge in [-0.15, -0.1) is 0 Å². The molecular formula is C39H53FN10O2. The maximum Gasteiger partial charge on any atom is 0.278 e. The van der Waals surface area contributed by atoms with Crippen molar-refractivity contribution in [3.8, 4) is 5.88 Å². The van der Waals surface area contributed by atoms with E-state index in [0.29, 0.717) is 30.5 Å². The van der Waals surface area contributed by atoms with Gasteiger partial charge < -0.3 is 29.7 Å². The predicted octanol–water partition coefficient (Wildman–Crippen LogP) is 5.21. The fourth-order valence-corrected chi connectivity index (χ4v) is 7.73. The van der Waals surface area contributed by atoms with E-state index in [9.17, 15) is 9.28 Å². The Morgan fingerprint density at radius 3 is 2.38 bits per heavy atom. The summed E-state index contributed by atoms with van der Waals surface area (Å²) >= 11 is 0. The van der Waals surface area contributed by atoms with Gasteiger partial charge >= 0.3 is 0 Å². The minimum absolute atomic E-state index is 0.338. The van der Waals surface area contributed by atoms with E-state index >= 15 is 0 Å². The number of piperazine rings is 1. The van der Waals surface area contributed by atoms with Crippen molar-refractivity contribution in [2.75, 3.05) is 87.2 Å². The molecule has 2 N–H and O–H groups in total. The number of fused-ring (bicyclic) bond motifs is 1. The normalized spacial score (nSPS) is 17.8. The van der Waals surface area contributed by atoms with Crippen LogP contribution < -0.4 is 25.4 Å². The summed E-state index contributed by atoms with van der Waals surface area (Å²) in [5, 5.41) is 8.23. The zero-order valence-electron chi connectivity index (χ0n) is 30.5. The van der Waals surface area contributed by atoms with Crippen LogP contribution in [0, 0.1) is 5.92 Å². The topological polar surface area (TPSA) is 106 Å². The lowest BCUT2D eigenvalue weighted by Crippen LogP contribution is -2.49. The monoisotopic (exact) mass is 712 g/mol. The molecule has 4 aromatic rings. The van der Waals surface area contributed by atoms with Gasteiger partial charge in [0.25, 0.3) is 5.91 Å². The number of carbonyl (C=O) groups is 1. The average Bonchev–Trinajstić information content (AvgIpc) is 3.63. The van der Waals surface area contributed by atoms with Crippen molar-refractivity contribution in [3.05, 3.63) is 71.5 Å². The number of benzene rings is 1. The third-order valence-electron chi connectivity index (χ3n) is 10.9. The highest BCUT2D eigenvalue weighted by Crippen LogP contribution is 2.26. The van der Waals surface area contributed by atoms with Crippen molar-refractivity contribution in [2.45, 2.75) is 58.4 Å². The van der Waals surface area contributed by atoms with Crippen molar-refractivity contribution >= 4 is 28.9 Å². The highest BCUT2D eigenvalue weighted by atomic mass is 19.2. The Balaban J connectivity index is 0.792. The summed E-state index contributed by atoms with van der Waals surface area (Å²) in [5.41, 5.74) is 5.80. The number of nitrogens with one attached hydrogen (secondary N) is 2. The molecule has 3 aliphatic rings. The number of pyridine rings is 1. The van der Waals surface area contributed by atoms with Gasteiger partial charge in [0.2, 0.25) is 5.88 Å². The summed E-state index contributed by atoms with van der Waals surface area (Å²) in [6.45, 7) is 14.2. The first kappa shape index (κ1) is 35.9. The second-order valence-electron chi connectivity index (χ2n) is 14.4. The number of aromatic nitrogens is 4. The van der Waals surface area contributed by atoms with E-state index in [1.165, 1.54) is 24.8 Å². The van der Waals surface area contributed by atoms with E-state index in [1.54, 1.807) is 12.1 Å². The van der Waals surface area contributed by atoms with Crippen LogP contribution in [0.15, 0.2) is 54.9 Å². The van der Waals surface area contributed by atoms with Crippen LogP contribution in [0.3, 0.4) is 0 Å². The Hall–Kier alpha value is -4.49. The largest absolute Gasteiger partial charge is 0.478 e. The molecule has 0 atom stereocenters. The number of amides is 1. The van der Waals surface area contributed by atoms with Crippen molar-refractivity contribution in [1.82, 2.24) is 34.9 Å². The lowest BCUT2D eigenvalue weighted by atomic mass is 9.95. The fraction of sp³-hybridized carbons (Fsp3) is 0.538. The van der Waals surface area contributed by atoms with Gasteiger partial charge in [-0.05, 0) is 80.7 Å². The standard InChI is InChI=1S/C39H53FN10O2/c1-2-32-28-43-50-35(25-36(44-38(32)50)49-16-4-3-5-17-49)41-26-31-7-12-37(42-27-31)52-24-6-15-46-20-22-47(23-21-46)29-30-13-18-48(19-14-30)34-10-8-33(9-11-34)39(51)45-40/h7-12,25,27-28,30,41H,2-6,13-24,26,29H2,1H3,(H,45,51). The van der Waals surface area contributed by atoms with Crippen molar-refractivity contribution in [2.24, 2.45) is 5.92 Å². The molecule has 52 heavy (non-hydrogen) atoms. The molecule has 3 aliphatic heterocycles. The average molecular weight is 713 g/mol. The van der Waals surface area contributed by atoms with Crippen molar-refractivity contribution in [1.29, 1.82) is 0 Å². The third-order valence-corrected chi connectivity index (χ3v) is 10.9. The number of hydrogen-bond donors (Lipinski definition) is 2. The van der Waals surface area contributed by atoms with Gasteiger partial charge in [-0.3, -0.25) is 4.79 Å². The predicted molar refractivity (Wildman–Crippen MR) is 203 cm³/mol. The van der Waals surface area contributed by atoms with Crippen LogP contribution in [-0.4, -0.2) is 107 Å². The summed E-state index contributed by atoms with van der Waals surface area (Å²) in [6.07, 6.45) is 11.7. The molecule has 0 spiro atoms. The molecule has 13 heteroatoms. The number of nitrogens with zero attached hydrogens (tertiary/aromatic N) is 8. The van der Waals surface area contributed by atoms with Crippen molar-refractivity contribution in [3.63, 3.8) is 0 Å². The number of piperidine rings is 2. The highest BCUT2D eigenvalue weighted by molar-refractivity contribution is 5.93. The Labute approximate surface area is 306 Å². The number of ether oxygens (including phenoxy) is 1. The molecule has 0 radical (unpaired) electrons. The minimum Gasteiger partial charge on any atom is -0.478 e. The van der Waals surface area contributed by atoms with Crippen LogP contribution in [0.25, 0.3) is 5.65 Å². The van der Waals surface area contributed by atoms with Gasteiger partial charge in [0.15, 0.2) is 5.65 Å². The zero-order chi connectivity index (χ0) is 35.7. The molecule has 7 rings (SSSR count). The van der Waals surface area contributed by atoms with E-state index in [-0.39, 0.29) is 0 Å². The van der Waals surface area contributed by atoms with Gasteiger partial charge in [-0.25, -0.2) is 9.97 Å². The van der Waals surface area contributed by atoms with Gasteiger partial charge in [0, 0.05) is 107 Å². The molecule has 0 bridgehead atoms. The molecule has 3 aromatic heterocycles. The van der Waals surface area contributed by atoms with Crippen LogP contribution in [0.1, 0.15) is 66.9 Å². The fourth-order valence-electron chi connectivity index (χ4n) is 7.73. The van der Waals surface area contributed by atoms with Gasteiger partial charge in [-0.2, -0.15) is 15.2 Å². The highest BCUT2D eigenvalue weighted by Gasteiger charge is 2.24. The van der Waals surface area contributed by atoms with Gasteiger partial charge in [-0.1, -0.05) is 17.5 Å². The van der Waals surface area contributed by atoms with E-state index in [4.69, 9.17) is 9.72 Å². The molecule has 278 valence electrons. The summed E-state index contributed by atoms with van der Waals surface area (Å²) in [5.74, 6) is 2.64. The molecule has 6 heterocycles. The molecule has 12 nitrogen and oxygen atoms in total. The van der Waals surface area contributed by atoms with E-state index in [1.807, 2.05) is 35.1 Å². The van der Waals surface area contributed by atoms with E-state index < -0.39 is 5.91 Å². The Morgan fingerprint density at radius 1 is 0.904 bits per heavy atom. The number of anilines is 3. The molecule has 3 saturated heterocycles. The summed E-state index contributed by atoms with van der Waals surface area (Å²) in [7, 11) is 0. The SMILES string of the molecule is CCc1cnn2c(NCc3ccc(OCCCN4CCN(CC5CCN(c6ccc(C(=O)NF)cc6)CC5)CC4)nc3)cc(N3CCCCC3)nc12. The molecule has 3 fully saturated rings. The number of rotatable bonds is 14. The van der Waals surface area contributed by atoms with Crippen LogP contribution >= 0.6 is 0 Å². The van der Waals surface area contributed by atoms with Gasteiger partial charge in [0.05, 0.1) is 12.8 Å². The second-order valence-corrected chi connectivity index (χ2v) is 14.4. The molecule has 0 saturated carbocycles. The maximum absolute atomic E-state index is 12.4. The summed E-state index contributed by atoms with van der Waals surface area (Å²) in [6, 6.07) is 13.4. The first-order valence-corrected chi connectivity index (χ1v) is 19.2. The van der Waals surface area contributed by atoms with Gasteiger partial charge in [0.1, 0.15) is 11.6 Å². The number of halogens is 1. The lowest BCUT2D eigenvalue weighted by molar-refractivity contribution is 0.0859. The summed E-state index contributed by atoms with van der Waals surface area (Å²) in [4.78, 5) is 31.0. The minimum atomic E-state index is -0.701. The number of aryl methyl sites for hydroxylation is 1. The lowest BCUT2D eigenvalue weighted by Gasteiger charge is -2.39. The van der Waals surface area contributed by atoms with Crippen LogP contribution in [0.5, 0.6) is 5.88 Å². The Kier molecular flexibility index (Phi) is 12.0. The maximum atomic E-state index is 12.4. The number of hydrogen-bond acceptors (Lipinski definition) is 10. The molecule has 0 unspecified atom stereocenters. The molecule has 1 aromatic carbocycles. The molecular weight excluding hydrogens is 659 g/mol. The first-order chi connectivity index (χ1) is 25.6. The first-order valence-electron chi connectivity index (χ1n) is 19.2. The van der Waals surface area contributed by atoms with Crippen LogP contribution in [-0.2, 0) is 13.0 Å². The van der Waals surface area contributed by atoms with Crippen LogP contribution in [0.2, 0.25) is 0 Å². The molecule has 1 amide bonds. The van der Waals surface area contributed by atoms with E-state index in [2.05, 4.69) is 54.1 Å². The van der Waals surface area contributed by atoms with E-state index in [0.717, 1.165) is 125 Å². The quantitative estimate of drug-likeness (QED) is 0.134. The second kappa shape index (κ2) is 17.4. The smallest absolute Gasteiger partial charge is 0.278 e. The Bertz CT molecular complexity index is 1730.